The van der Waals surface area contributed by atoms with Crippen molar-refractivity contribution < 1.29 is 0 Å². The predicted molar refractivity (Wildman–Crippen MR) is 74.9 cm³/mol. The van der Waals surface area contributed by atoms with Crippen LogP contribution >= 0.6 is 23.2 Å². The summed E-state index contributed by atoms with van der Waals surface area (Å²) in [5.74, 6) is 0. The summed E-state index contributed by atoms with van der Waals surface area (Å²) in [7, 11) is 0. The molecule has 0 aliphatic heterocycles. The van der Waals surface area contributed by atoms with Gasteiger partial charge in [-0.3, -0.25) is 0 Å². The van der Waals surface area contributed by atoms with Gasteiger partial charge in [0.25, 0.3) is 0 Å². The van der Waals surface area contributed by atoms with Gasteiger partial charge in [0.1, 0.15) is 0 Å². The summed E-state index contributed by atoms with van der Waals surface area (Å²) in [6, 6.07) is 15.8. The molecule has 2 aromatic rings. The summed E-state index contributed by atoms with van der Waals surface area (Å²) in [6.45, 7) is 2.06. The lowest BCUT2D eigenvalue weighted by atomic mass is 10.1. The Morgan fingerprint density at radius 3 is 2.35 bits per heavy atom. The van der Waals surface area contributed by atoms with Crippen LogP contribution in [0.4, 0.5) is 5.69 Å². The Morgan fingerprint density at radius 2 is 1.65 bits per heavy atom. The maximum atomic E-state index is 6.18. The van der Waals surface area contributed by atoms with Crippen LogP contribution in [-0.4, -0.2) is 0 Å². The number of hydrogen-bond acceptors (Lipinski definition) is 1. The molecule has 0 fully saturated rings. The van der Waals surface area contributed by atoms with E-state index in [0.29, 0.717) is 10.0 Å². The van der Waals surface area contributed by atoms with Crippen LogP contribution in [0.5, 0.6) is 0 Å². The van der Waals surface area contributed by atoms with Gasteiger partial charge in [0.15, 0.2) is 0 Å². The van der Waals surface area contributed by atoms with Crippen molar-refractivity contribution in [1.29, 1.82) is 0 Å². The maximum Gasteiger partial charge on any atom is 0.0644 e. The smallest absolute Gasteiger partial charge is 0.0644 e. The van der Waals surface area contributed by atoms with E-state index in [4.69, 9.17) is 23.2 Å². The third-order valence-electron chi connectivity index (χ3n) is 2.60. The third kappa shape index (κ3) is 2.93. The monoisotopic (exact) mass is 265 g/mol. The fraction of sp³-hybridized carbons (Fsp3) is 0.143. The number of halogens is 2. The highest BCUT2D eigenvalue weighted by atomic mass is 35.5. The summed E-state index contributed by atoms with van der Waals surface area (Å²) in [6.07, 6.45) is 0. The zero-order valence-electron chi connectivity index (χ0n) is 9.45. The number of hydrogen-bond donors (Lipinski definition) is 1. The quantitative estimate of drug-likeness (QED) is 0.808. The van der Waals surface area contributed by atoms with Crippen LogP contribution in [0.15, 0.2) is 48.5 Å². The van der Waals surface area contributed by atoms with E-state index >= 15 is 0 Å². The molecule has 2 rings (SSSR count). The molecule has 1 atom stereocenters. The minimum absolute atomic E-state index is 0.114. The number of anilines is 1. The zero-order valence-corrected chi connectivity index (χ0v) is 11.0. The molecule has 2 aromatic carbocycles. The van der Waals surface area contributed by atoms with Crippen LogP contribution in [0, 0.1) is 0 Å². The van der Waals surface area contributed by atoms with Crippen molar-refractivity contribution in [3.63, 3.8) is 0 Å². The number of rotatable bonds is 3. The van der Waals surface area contributed by atoms with Crippen LogP contribution in [0.3, 0.4) is 0 Å². The first-order valence-corrected chi connectivity index (χ1v) is 6.19. The molecule has 0 bridgehead atoms. The highest BCUT2D eigenvalue weighted by Crippen LogP contribution is 2.31. The van der Waals surface area contributed by atoms with Gasteiger partial charge in [-0.25, -0.2) is 0 Å². The van der Waals surface area contributed by atoms with E-state index in [1.165, 1.54) is 0 Å². The lowest BCUT2D eigenvalue weighted by molar-refractivity contribution is 0.885. The van der Waals surface area contributed by atoms with E-state index in [1.807, 2.05) is 42.5 Å². The second kappa shape index (κ2) is 5.44. The lowest BCUT2D eigenvalue weighted by Crippen LogP contribution is -2.07. The standard InChI is InChI=1S/C14H13Cl2N/c1-10(17-11-6-3-2-4-7-11)12-8-5-9-13(15)14(12)16/h2-10,17H,1H3. The molecule has 0 aromatic heterocycles. The largest absolute Gasteiger partial charge is 0.378 e. The van der Waals surface area contributed by atoms with Crippen molar-refractivity contribution in [2.24, 2.45) is 0 Å². The van der Waals surface area contributed by atoms with Gasteiger partial charge in [-0.15, -0.1) is 0 Å². The van der Waals surface area contributed by atoms with Gasteiger partial charge in [0, 0.05) is 5.69 Å². The lowest BCUT2D eigenvalue weighted by Gasteiger charge is -2.17. The van der Waals surface area contributed by atoms with Gasteiger partial charge in [-0.05, 0) is 30.7 Å². The molecule has 0 aliphatic rings. The number of benzene rings is 2. The average Bonchev–Trinajstić information content (AvgIpc) is 2.34. The molecule has 17 heavy (non-hydrogen) atoms. The average molecular weight is 266 g/mol. The van der Waals surface area contributed by atoms with Crippen molar-refractivity contribution in [1.82, 2.24) is 0 Å². The molecule has 0 spiro atoms. The zero-order chi connectivity index (χ0) is 12.3. The van der Waals surface area contributed by atoms with Gasteiger partial charge < -0.3 is 5.32 Å². The van der Waals surface area contributed by atoms with Crippen LogP contribution in [-0.2, 0) is 0 Å². The molecule has 3 heteroatoms. The van der Waals surface area contributed by atoms with E-state index < -0.39 is 0 Å². The van der Waals surface area contributed by atoms with E-state index in [9.17, 15) is 0 Å². The number of nitrogens with one attached hydrogen (secondary N) is 1. The SMILES string of the molecule is CC(Nc1ccccc1)c1cccc(Cl)c1Cl. The normalized spacial score (nSPS) is 12.2. The van der Waals surface area contributed by atoms with E-state index in [1.54, 1.807) is 6.07 Å². The van der Waals surface area contributed by atoms with E-state index in [2.05, 4.69) is 12.2 Å². The minimum atomic E-state index is 0.114. The Labute approximate surface area is 111 Å². The van der Waals surface area contributed by atoms with Crippen molar-refractivity contribution in [2.75, 3.05) is 5.32 Å². The topological polar surface area (TPSA) is 12.0 Å². The van der Waals surface area contributed by atoms with E-state index in [0.717, 1.165) is 11.3 Å². The molecule has 1 N–H and O–H groups in total. The highest BCUT2D eigenvalue weighted by Gasteiger charge is 2.11. The molecule has 0 aliphatic carbocycles. The van der Waals surface area contributed by atoms with Gasteiger partial charge in [0.2, 0.25) is 0 Å². The Bertz CT molecular complexity index is 497. The minimum Gasteiger partial charge on any atom is -0.378 e. The van der Waals surface area contributed by atoms with Gasteiger partial charge in [-0.1, -0.05) is 53.5 Å². The summed E-state index contributed by atoms with van der Waals surface area (Å²) in [4.78, 5) is 0. The van der Waals surface area contributed by atoms with Crippen molar-refractivity contribution in [2.45, 2.75) is 13.0 Å². The molecule has 0 saturated carbocycles. The second-order valence-corrected chi connectivity index (χ2v) is 4.66. The predicted octanol–water partition coefficient (Wildman–Crippen LogP) is 5.17. The maximum absolute atomic E-state index is 6.18. The van der Waals surface area contributed by atoms with Crippen LogP contribution < -0.4 is 5.32 Å². The van der Waals surface area contributed by atoms with E-state index in [-0.39, 0.29) is 6.04 Å². The summed E-state index contributed by atoms with van der Waals surface area (Å²) in [5, 5.41) is 4.59. The summed E-state index contributed by atoms with van der Waals surface area (Å²) < 4.78 is 0. The molecule has 0 amide bonds. The molecule has 0 radical (unpaired) electrons. The van der Waals surface area contributed by atoms with Crippen LogP contribution in [0.1, 0.15) is 18.5 Å². The summed E-state index contributed by atoms with van der Waals surface area (Å²) in [5.41, 5.74) is 2.07. The molecular formula is C14H13Cl2N. The Morgan fingerprint density at radius 1 is 0.941 bits per heavy atom. The Kier molecular flexibility index (Phi) is 3.93. The Hall–Kier alpha value is -1.18. The van der Waals surface area contributed by atoms with Gasteiger partial charge in [0.05, 0.1) is 16.1 Å². The third-order valence-corrected chi connectivity index (χ3v) is 3.44. The van der Waals surface area contributed by atoms with Crippen molar-refractivity contribution in [3.8, 4) is 0 Å². The van der Waals surface area contributed by atoms with Crippen LogP contribution in [0.2, 0.25) is 10.0 Å². The highest BCUT2D eigenvalue weighted by molar-refractivity contribution is 6.42. The molecule has 0 heterocycles. The van der Waals surface area contributed by atoms with Crippen LogP contribution in [0.25, 0.3) is 0 Å². The molecule has 1 nitrogen and oxygen atoms in total. The fourth-order valence-electron chi connectivity index (χ4n) is 1.72. The van der Waals surface area contributed by atoms with Crippen molar-refractivity contribution >= 4 is 28.9 Å². The summed E-state index contributed by atoms with van der Waals surface area (Å²) >= 11 is 12.2. The molecule has 1 unspecified atom stereocenters. The molecule has 0 saturated heterocycles. The first kappa shape index (κ1) is 12.3. The Balaban J connectivity index is 2.20. The molecular weight excluding hydrogens is 253 g/mol. The van der Waals surface area contributed by atoms with Gasteiger partial charge >= 0.3 is 0 Å². The van der Waals surface area contributed by atoms with Gasteiger partial charge in [-0.2, -0.15) is 0 Å². The first-order valence-electron chi connectivity index (χ1n) is 5.44. The van der Waals surface area contributed by atoms with Crippen molar-refractivity contribution in [3.05, 3.63) is 64.1 Å². The first-order chi connectivity index (χ1) is 8.18. The second-order valence-electron chi connectivity index (χ2n) is 3.88. The fourth-order valence-corrected chi connectivity index (χ4v) is 2.19. The number of para-hydroxylation sites is 1. The molecule has 88 valence electrons.